The summed E-state index contributed by atoms with van der Waals surface area (Å²) < 4.78 is 68.3. The van der Waals surface area contributed by atoms with Crippen molar-refractivity contribution in [2.45, 2.75) is 44.5 Å². The summed E-state index contributed by atoms with van der Waals surface area (Å²) in [4.78, 5) is 11.4. The maximum Gasteiger partial charge on any atom is 0.534 e. The van der Waals surface area contributed by atoms with Gasteiger partial charge in [0.1, 0.15) is 5.75 Å². The normalized spacial score (nSPS) is 12.0. The minimum Gasteiger partial charge on any atom is -0.469 e. The van der Waals surface area contributed by atoms with Crippen molar-refractivity contribution in [1.82, 2.24) is 0 Å². The van der Waals surface area contributed by atoms with Gasteiger partial charge in [-0.2, -0.15) is 21.6 Å². The molecule has 0 aromatic heterocycles. The first-order chi connectivity index (χ1) is 11.1. The van der Waals surface area contributed by atoms with Gasteiger partial charge >= 0.3 is 21.6 Å². The first-order valence-corrected chi connectivity index (χ1v) is 8.71. The molecule has 1 aromatic carbocycles. The molecule has 0 aliphatic rings. The summed E-state index contributed by atoms with van der Waals surface area (Å²) in [5.74, 6) is -1.24. The average Bonchev–Trinajstić information content (AvgIpc) is 2.48. The van der Waals surface area contributed by atoms with Crippen LogP contribution in [0.3, 0.4) is 0 Å². The van der Waals surface area contributed by atoms with Crippen LogP contribution in [0.4, 0.5) is 13.2 Å². The van der Waals surface area contributed by atoms with Gasteiger partial charge in [-0.1, -0.05) is 31.9 Å². The summed E-state index contributed by atoms with van der Waals surface area (Å²) in [6, 6.07) is 4.08. The van der Waals surface area contributed by atoms with Crippen LogP contribution in [0.25, 0.3) is 0 Å². The Kier molecular flexibility index (Phi) is 7.07. The Morgan fingerprint density at radius 1 is 1.21 bits per heavy atom. The second kappa shape index (κ2) is 8.36. The lowest BCUT2D eigenvalue weighted by Gasteiger charge is -2.14. The number of carbonyl (C=O) groups excluding carboxylic acids is 1. The Labute approximate surface area is 138 Å². The van der Waals surface area contributed by atoms with E-state index in [2.05, 4.69) is 8.92 Å². The molecule has 136 valence electrons. The number of carbonyl (C=O) groups is 1. The van der Waals surface area contributed by atoms with Crippen molar-refractivity contribution in [1.29, 1.82) is 0 Å². The topological polar surface area (TPSA) is 69.7 Å². The third-order valence-electron chi connectivity index (χ3n) is 3.24. The molecule has 0 aliphatic heterocycles. The van der Waals surface area contributed by atoms with Crippen molar-refractivity contribution in [2.24, 2.45) is 0 Å². The van der Waals surface area contributed by atoms with Gasteiger partial charge in [0.05, 0.1) is 13.5 Å². The number of hydrogen-bond acceptors (Lipinski definition) is 5. The van der Waals surface area contributed by atoms with Gasteiger partial charge < -0.3 is 8.92 Å². The predicted octanol–water partition coefficient (Wildman–Crippen LogP) is 3.36. The molecule has 0 spiro atoms. The minimum absolute atomic E-state index is 0.0312. The van der Waals surface area contributed by atoms with Gasteiger partial charge in [0, 0.05) is 5.56 Å². The molecule has 0 N–H and O–H groups in total. The van der Waals surface area contributed by atoms with Gasteiger partial charge in [0.15, 0.2) is 0 Å². The SMILES string of the molecule is CCCCCc1ccc(OS(=O)(=O)C(F)(F)F)c(CC(=O)OC)c1. The highest BCUT2D eigenvalue weighted by atomic mass is 32.2. The zero-order valence-electron chi connectivity index (χ0n) is 13.4. The van der Waals surface area contributed by atoms with E-state index in [0.29, 0.717) is 6.42 Å². The Bertz CT molecular complexity index is 668. The van der Waals surface area contributed by atoms with E-state index in [9.17, 15) is 26.4 Å². The molecule has 0 saturated heterocycles. The van der Waals surface area contributed by atoms with Gasteiger partial charge in [-0.05, 0) is 24.5 Å². The molecule has 0 fully saturated rings. The Morgan fingerprint density at radius 2 is 1.88 bits per heavy atom. The zero-order chi connectivity index (χ0) is 18.4. The van der Waals surface area contributed by atoms with Crippen LogP contribution in [0.2, 0.25) is 0 Å². The van der Waals surface area contributed by atoms with Crippen molar-refractivity contribution in [3.8, 4) is 5.75 Å². The summed E-state index contributed by atoms with van der Waals surface area (Å²) in [6.45, 7) is 2.03. The van der Waals surface area contributed by atoms with Crippen molar-refractivity contribution >= 4 is 16.1 Å². The third-order valence-corrected chi connectivity index (χ3v) is 4.21. The Balaban J connectivity index is 3.11. The number of alkyl halides is 3. The molecule has 1 aromatic rings. The molecule has 0 amide bonds. The monoisotopic (exact) mass is 368 g/mol. The fourth-order valence-corrected chi connectivity index (χ4v) is 2.47. The molecular weight excluding hydrogens is 349 g/mol. The largest absolute Gasteiger partial charge is 0.534 e. The standard InChI is InChI=1S/C15H19F3O5S/c1-3-4-5-6-11-7-8-13(12(9-11)10-14(19)22-2)23-24(20,21)15(16,17)18/h7-9H,3-6,10H2,1-2H3. The zero-order valence-corrected chi connectivity index (χ0v) is 14.2. The quantitative estimate of drug-likeness (QED) is 0.305. The number of halogens is 3. The number of rotatable bonds is 8. The molecule has 5 nitrogen and oxygen atoms in total. The van der Waals surface area contributed by atoms with Gasteiger partial charge in [-0.25, -0.2) is 0 Å². The van der Waals surface area contributed by atoms with Crippen molar-refractivity contribution in [3.63, 3.8) is 0 Å². The second-order valence-electron chi connectivity index (χ2n) is 5.14. The van der Waals surface area contributed by atoms with E-state index < -0.39 is 27.3 Å². The fourth-order valence-electron chi connectivity index (χ4n) is 1.98. The molecular formula is C15H19F3O5S. The van der Waals surface area contributed by atoms with E-state index in [-0.39, 0.29) is 12.0 Å². The number of methoxy groups -OCH3 is 1. The van der Waals surface area contributed by atoms with Crippen molar-refractivity contribution in [2.75, 3.05) is 7.11 Å². The van der Waals surface area contributed by atoms with Crippen LogP contribution in [-0.2, 0) is 32.5 Å². The number of hydrogen-bond donors (Lipinski definition) is 0. The predicted molar refractivity (Wildman–Crippen MR) is 81.0 cm³/mol. The van der Waals surface area contributed by atoms with E-state index in [4.69, 9.17) is 0 Å². The van der Waals surface area contributed by atoms with Crippen LogP contribution in [-0.4, -0.2) is 27.0 Å². The Hall–Kier alpha value is -1.77. The van der Waals surface area contributed by atoms with Gasteiger partial charge in [-0.15, -0.1) is 0 Å². The van der Waals surface area contributed by atoms with E-state index in [1.54, 1.807) is 0 Å². The number of esters is 1. The van der Waals surface area contributed by atoms with E-state index in [0.717, 1.165) is 38.0 Å². The van der Waals surface area contributed by atoms with Crippen LogP contribution < -0.4 is 4.18 Å². The lowest BCUT2D eigenvalue weighted by Crippen LogP contribution is -2.28. The number of ether oxygens (including phenoxy) is 1. The van der Waals surface area contributed by atoms with E-state index in [1.807, 2.05) is 6.92 Å². The summed E-state index contributed by atoms with van der Waals surface area (Å²) >= 11 is 0. The van der Waals surface area contributed by atoms with Crippen LogP contribution in [0, 0.1) is 0 Å². The van der Waals surface area contributed by atoms with Crippen molar-refractivity contribution in [3.05, 3.63) is 29.3 Å². The lowest BCUT2D eigenvalue weighted by molar-refractivity contribution is -0.139. The van der Waals surface area contributed by atoms with Gasteiger partial charge in [0.25, 0.3) is 0 Å². The molecule has 0 radical (unpaired) electrons. The van der Waals surface area contributed by atoms with Crippen LogP contribution in [0.5, 0.6) is 5.75 Å². The van der Waals surface area contributed by atoms with Crippen LogP contribution >= 0.6 is 0 Å². The first kappa shape index (κ1) is 20.3. The smallest absolute Gasteiger partial charge is 0.469 e. The molecule has 24 heavy (non-hydrogen) atoms. The molecule has 0 unspecified atom stereocenters. The average molecular weight is 368 g/mol. The third kappa shape index (κ3) is 5.70. The van der Waals surface area contributed by atoms with E-state index >= 15 is 0 Å². The molecule has 0 heterocycles. The Morgan fingerprint density at radius 3 is 2.42 bits per heavy atom. The fraction of sp³-hybridized carbons (Fsp3) is 0.533. The van der Waals surface area contributed by atoms with Crippen LogP contribution in [0.1, 0.15) is 37.3 Å². The molecule has 1 rings (SSSR count). The lowest BCUT2D eigenvalue weighted by atomic mass is 10.0. The summed E-state index contributed by atoms with van der Waals surface area (Å²) in [5, 5.41) is 0. The number of aryl methyl sites for hydroxylation is 1. The van der Waals surface area contributed by atoms with Gasteiger partial charge in [-0.3, -0.25) is 4.79 Å². The highest BCUT2D eigenvalue weighted by molar-refractivity contribution is 7.88. The van der Waals surface area contributed by atoms with Gasteiger partial charge in [0.2, 0.25) is 0 Å². The summed E-state index contributed by atoms with van der Waals surface area (Å²) in [6.07, 6.45) is 3.12. The summed E-state index contributed by atoms with van der Waals surface area (Å²) in [5.41, 5.74) is -4.74. The van der Waals surface area contributed by atoms with Crippen molar-refractivity contribution < 1.29 is 35.3 Å². The number of benzene rings is 1. The van der Waals surface area contributed by atoms with E-state index in [1.165, 1.54) is 12.1 Å². The maximum absolute atomic E-state index is 12.5. The first-order valence-electron chi connectivity index (χ1n) is 7.30. The maximum atomic E-state index is 12.5. The summed E-state index contributed by atoms with van der Waals surface area (Å²) in [7, 11) is -4.68. The molecule has 0 aliphatic carbocycles. The highest BCUT2D eigenvalue weighted by Crippen LogP contribution is 2.30. The highest BCUT2D eigenvalue weighted by Gasteiger charge is 2.48. The minimum atomic E-state index is -5.80. The number of unbranched alkanes of at least 4 members (excludes halogenated alkanes) is 2. The second-order valence-corrected chi connectivity index (χ2v) is 6.67. The van der Waals surface area contributed by atoms with Crippen LogP contribution in [0.15, 0.2) is 18.2 Å². The molecule has 0 atom stereocenters. The molecule has 9 heteroatoms. The molecule has 0 saturated carbocycles. The molecule has 0 bridgehead atoms.